The van der Waals surface area contributed by atoms with Gasteiger partial charge in [0.05, 0.1) is 106 Å². The average molecular weight is 635 g/mol. The molecule has 0 aromatic heterocycles. The van der Waals surface area contributed by atoms with Crippen LogP contribution in [0.4, 0.5) is 0 Å². The molecule has 0 saturated heterocycles. The number of benzene rings is 1. The highest BCUT2D eigenvalue weighted by Crippen LogP contribution is 2.31. The summed E-state index contributed by atoms with van der Waals surface area (Å²) >= 11 is 0. The largest absolute Gasteiger partial charge is 0.478 e. The SMILES string of the molecule is C=CC(=O)O.CC(C)(C)c1ccccc1OC(O)COCCOCCOCCOCCOCCOCCOCCOCCO. The molecule has 1 aromatic carbocycles. The van der Waals surface area contributed by atoms with E-state index in [-0.39, 0.29) is 18.6 Å². The van der Waals surface area contributed by atoms with Crippen molar-refractivity contribution in [1.29, 1.82) is 0 Å². The Morgan fingerprint density at radius 2 is 1.05 bits per heavy atom. The number of aliphatic hydroxyl groups excluding tert-OH is 2. The number of rotatable bonds is 28. The molecule has 3 N–H and O–H groups in total. The third-order valence-electron chi connectivity index (χ3n) is 5.23. The monoisotopic (exact) mass is 634 g/mol. The van der Waals surface area contributed by atoms with Crippen molar-refractivity contribution in [3.63, 3.8) is 0 Å². The van der Waals surface area contributed by atoms with Crippen molar-refractivity contribution in [3.8, 4) is 5.75 Å². The van der Waals surface area contributed by atoms with Gasteiger partial charge in [-0.1, -0.05) is 45.5 Å². The zero-order valence-electron chi connectivity index (χ0n) is 26.6. The maximum Gasteiger partial charge on any atom is 0.327 e. The lowest BCUT2D eigenvalue weighted by molar-refractivity contribution is -0.131. The quantitative estimate of drug-likeness (QED) is 0.0699. The normalized spacial score (nSPS) is 11.9. The molecule has 0 spiro atoms. The van der Waals surface area contributed by atoms with E-state index in [1.807, 2.05) is 24.3 Å². The van der Waals surface area contributed by atoms with E-state index in [2.05, 4.69) is 27.4 Å². The summed E-state index contributed by atoms with van der Waals surface area (Å²) in [7, 11) is 0. The third kappa shape index (κ3) is 27.4. The molecule has 0 saturated carbocycles. The van der Waals surface area contributed by atoms with E-state index >= 15 is 0 Å². The number of hydrogen-bond acceptors (Lipinski definition) is 12. The first-order valence-corrected chi connectivity index (χ1v) is 14.7. The minimum absolute atomic E-state index is 0.0230. The summed E-state index contributed by atoms with van der Waals surface area (Å²) in [5, 5.41) is 26.3. The van der Waals surface area contributed by atoms with Crippen molar-refractivity contribution in [1.82, 2.24) is 0 Å². The van der Waals surface area contributed by atoms with E-state index in [0.717, 1.165) is 11.6 Å². The zero-order chi connectivity index (χ0) is 32.7. The zero-order valence-corrected chi connectivity index (χ0v) is 26.6. The van der Waals surface area contributed by atoms with Gasteiger partial charge < -0.3 is 58.0 Å². The lowest BCUT2D eigenvalue weighted by atomic mass is 9.86. The number of aliphatic carboxylic acids is 1. The molecule has 0 heterocycles. The van der Waals surface area contributed by atoms with Gasteiger partial charge in [-0.25, -0.2) is 4.79 Å². The maximum atomic E-state index is 10.1. The van der Waals surface area contributed by atoms with Crippen molar-refractivity contribution in [3.05, 3.63) is 42.5 Å². The Labute approximate surface area is 261 Å². The summed E-state index contributed by atoms with van der Waals surface area (Å²) < 4.78 is 48.7. The standard InChI is InChI=1S/C28H50O11.C3H4O2/c1-28(2,3)25-6-4-5-7-26(25)39-27(30)24-38-23-22-37-21-20-36-19-18-35-17-16-34-15-14-33-13-12-32-11-10-31-9-8-29;1-2-3(4)5/h4-7,27,29-30H,8-24H2,1-3H3;2H,1H2,(H,4,5). The average Bonchev–Trinajstić information content (AvgIpc) is 2.99. The van der Waals surface area contributed by atoms with E-state index in [4.69, 9.17) is 52.8 Å². The van der Waals surface area contributed by atoms with Gasteiger partial charge in [0, 0.05) is 6.08 Å². The molecule has 13 nitrogen and oxygen atoms in total. The number of carbonyl (C=O) groups is 1. The van der Waals surface area contributed by atoms with Gasteiger partial charge in [-0.05, 0) is 17.0 Å². The summed E-state index contributed by atoms with van der Waals surface area (Å²) in [6, 6.07) is 7.69. The number of carboxylic acid groups (broad SMARTS) is 1. The van der Waals surface area contributed by atoms with Gasteiger partial charge in [-0.2, -0.15) is 0 Å². The molecule has 1 rings (SSSR count). The minimum atomic E-state index is -1.05. The fourth-order valence-electron chi connectivity index (χ4n) is 3.16. The van der Waals surface area contributed by atoms with Crippen molar-refractivity contribution in [2.75, 3.05) is 112 Å². The van der Waals surface area contributed by atoms with E-state index in [1.165, 1.54) is 0 Å². The first kappa shape index (κ1) is 41.8. The van der Waals surface area contributed by atoms with Gasteiger partial charge in [0.15, 0.2) is 0 Å². The number of hydrogen-bond donors (Lipinski definition) is 3. The first-order valence-electron chi connectivity index (χ1n) is 14.7. The number of carboxylic acids is 1. The van der Waals surface area contributed by atoms with E-state index < -0.39 is 12.3 Å². The van der Waals surface area contributed by atoms with E-state index in [1.54, 1.807) is 0 Å². The van der Waals surface area contributed by atoms with Gasteiger partial charge in [0.1, 0.15) is 12.4 Å². The topological polar surface area (TPSA) is 161 Å². The Balaban J connectivity index is 0.00000340. The fraction of sp³-hybridized carbons (Fsp3) is 0.710. The highest BCUT2D eigenvalue weighted by Gasteiger charge is 2.20. The highest BCUT2D eigenvalue weighted by molar-refractivity contribution is 5.78. The summed E-state index contributed by atoms with van der Waals surface area (Å²) in [6.07, 6.45) is -0.212. The molecular formula is C31H54O13. The van der Waals surface area contributed by atoms with Crippen LogP contribution in [-0.4, -0.2) is 140 Å². The van der Waals surface area contributed by atoms with Crippen molar-refractivity contribution in [2.24, 2.45) is 0 Å². The summed E-state index contributed by atoms with van der Waals surface area (Å²) in [6.45, 7) is 16.2. The molecule has 44 heavy (non-hydrogen) atoms. The fourth-order valence-corrected chi connectivity index (χ4v) is 3.16. The number of aliphatic hydroxyl groups is 2. The van der Waals surface area contributed by atoms with Crippen molar-refractivity contribution in [2.45, 2.75) is 32.5 Å². The Bertz CT molecular complexity index is 801. The van der Waals surface area contributed by atoms with Crippen LogP contribution in [0.15, 0.2) is 36.9 Å². The molecule has 0 aliphatic heterocycles. The summed E-state index contributed by atoms with van der Waals surface area (Å²) in [5.74, 6) is -0.322. The predicted molar refractivity (Wildman–Crippen MR) is 163 cm³/mol. The van der Waals surface area contributed by atoms with Crippen molar-refractivity contribution >= 4 is 5.97 Å². The first-order chi connectivity index (χ1) is 21.2. The van der Waals surface area contributed by atoms with Crippen LogP contribution in [0.25, 0.3) is 0 Å². The van der Waals surface area contributed by atoms with Gasteiger partial charge in [-0.15, -0.1) is 0 Å². The molecule has 0 fully saturated rings. The van der Waals surface area contributed by atoms with Crippen LogP contribution in [0.1, 0.15) is 26.3 Å². The molecule has 0 radical (unpaired) electrons. The van der Waals surface area contributed by atoms with Crippen LogP contribution < -0.4 is 4.74 Å². The third-order valence-corrected chi connectivity index (χ3v) is 5.23. The molecule has 0 aliphatic carbocycles. The van der Waals surface area contributed by atoms with Crippen LogP contribution in [0, 0.1) is 0 Å². The smallest absolute Gasteiger partial charge is 0.327 e. The van der Waals surface area contributed by atoms with Crippen LogP contribution in [0.2, 0.25) is 0 Å². The highest BCUT2D eigenvalue weighted by atomic mass is 16.6. The van der Waals surface area contributed by atoms with Crippen molar-refractivity contribution < 1.29 is 62.7 Å². The minimum Gasteiger partial charge on any atom is -0.478 e. The van der Waals surface area contributed by atoms with Crippen LogP contribution in [-0.2, 0) is 48.1 Å². The Morgan fingerprint density at radius 1 is 0.705 bits per heavy atom. The lowest BCUT2D eigenvalue weighted by Gasteiger charge is -2.24. The van der Waals surface area contributed by atoms with Crippen LogP contribution >= 0.6 is 0 Å². The van der Waals surface area contributed by atoms with Gasteiger partial charge in [0.2, 0.25) is 6.29 Å². The molecule has 1 aromatic rings. The van der Waals surface area contributed by atoms with E-state index in [9.17, 15) is 9.90 Å². The Morgan fingerprint density at radius 3 is 1.39 bits per heavy atom. The molecule has 0 amide bonds. The van der Waals surface area contributed by atoms with Crippen LogP contribution in [0.5, 0.6) is 5.75 Å². The maximum absolute atomic E-state index is 10.1. The van der Waals surface area contributed by atoms with Gasteiger partial charge in [0.25, 0.3) is 0 Å². The molecule has 256 valence electrons. The molecule has 0 aliphatic rings. The molecular weight excluding hydrogens is 580 g/mol. The van der Waals surface area contributed by atoms with Gasteiger partial charge >= 0.3 is 5.97 Å². The molecule has 1 atom stereocenters. The molecule has 0 bridgehead atoms. The second kappa shape index (κ2) is 29.5. The number of para-hydroxylation sites is 1. The second-order valence-corrected chi connectivity index (χ2v) is 9.95. The summed E-state index contributed by atoms with van der Waals surface area (Å²) in [4.78, 5) is 9.25. The second-order valence-electron chi connectivity index (χ2n) is 9.95. The molecule has 13 heteroatoms. The number of ether oxygens (including phenoxy) is 9. The Kier molecular flexibility index (Phi) is 28.1. The van der Waals surface area contributed by atoms with E-state index in [0.29, 0.717) is 105 Å². The molecule has 1 unspecified atom stereocenters. The van der Waals surface area contributed by atoms with Crippen LogP contribution in [0.3, 0.4) is 0 Å². The van der Waals surface area contributed by atoms with Gasteiger partial charge in [-0.3, -0.25) is 0 Å². The predicted octanol–water partition coefficient (Wildman–Crippen LogP) is 2.06. The Hall–Kier alpha value is -2.17. The lowest BCUT2D eigenvalue weighted by Crippen LogP contribution is -2.25. The summed E-state index contributed by atoms with van der Waals surface area (Å²) in [5.41, 5.74) is 0.948.